The minimum atomic E-state index is -0.333. The van der Waals surface area contributed by atoms with Gasteiger partial charge in [-0.05, 0) is 45.2 Å². The standard InChI is InChI=1S/C19H33N3O3/c1-25-14-13-21-11-6-7-19(18(21)24)8-12-22(16-19)17(23)15-20-9-4-2-3-5-10-20/h2-16H2,1H3. The van der Waals surface area contributed by atoms with Gasteiger partial charge in [0.15, 0.2) is 0 Å². The van der Waals surface area contributed by atoms with Crippen LogP contribution in [0.15, 0.2) is 0 Å². The van der Waals surface area contributed by atoms with Gasteiger partial charge in [-0.1, -0.05) is 12.8 Å². The van der Waals surface area contributed by atoms with Crippen LogP contribution in [0.4, 0.5) is 0 Å². The molecule has 3 aliphatic heterocycles. The number of amides is 2. The van der Waals surface area contributed by atoms with Gasteiger partial charge in [-0.2, -0.15) is 0 Å². The molecule has 3 heterocycles. The number of methoxy groups -OCH3 is 1. The Labute approximate surface area is 151 Å². The summed E-state index contributed by atoms with van der Waals surface area (Å²) in [7, 11) is 1.67. The van der Waals surface area contributed by atoms with Gasteiger partial charge in [0.05, 0.1) is 18.6 Å². The van der Waals surface area contributed by atoms with E-state index in [1.165, 1.54) is 25.7 Å². The maximum atomic E-state index is 13.0. The molecule has 0 aromatic heterocycles. The highest BCUT2D eigenvalue weighted by molar-refractivity contribution is 5.86. The molecule has 3 fully saturated rings. The third kappa shape index (κ3) is 4.34. The average molecular weight is 351 g/mol. The molecule has 0 radical (unpaired) electrons. The number of piperidine rings is 1. The summed E-state index contributed by atoms with van der Waals surface area (Å²) in [5.41, 5.74) is -0.333. The van der Waals surface area contributed by atoms with Crippen LogP contribution in [-0.4, -0.2) is 86.0 Å². The number of hydrogen-bond donors (Lipinski definition) is 0. The van der Waals surface area contributed by atoms with Crippen LogP contribution in [0.3, 0.4) is 0 Å². The second-order valence-corrected chi connectivity index (χ2v) is 7.92. The quantitative estimate of drug-likeness (QED) is 0.750. The summed E-state index contributed by atoms with van der Waals surface area (Å²) in [6.45, 7) is 6.02. The average Bonchev–Trinajstić information content (AvgIpc) is 2.87. The number of ether oxygens (including phenoxy) is 1. The first-order chi connectivity index (χ1) is 12.1. The van der Waals surface area contributed by atoms with Crippen molar-refractivity contribution in [1.82, 2.24) is 14.7 Å². The van der Waals surface area contributed by atoms with E-state index < -0.39 is 0 Å². The Hall–Kier alpha value is -1.14. The lowest BCUT2D eigenvalue weighted by Crippen LogP contribution is -2.51. The van der Waals surface area contributed by atoms with E-state index in [1.54, 1.807) is 7.11 Å². The van der Waals surface area contributed by atoms with Crippen molar-refractivity contribution in [2.24, 2.45) is 5.41 Å². The Kier molecular flexibility index (Phi) is 6.34. The van der Waals surface area contributed by atoms with Crippen LogP contribution >= 0.6 is 0 Å². The molecule has 0 saturated carbocycles. The van der Waals surface area contributed by atoms with Gasteiger partial charge in [-0.15, -0.1) is 0 Å². The highest BCUT2D eigenvalue weighted by Crippen LogP contribution is 2.40. The van der Waals surface area contributed by atoms with E-state index in [0.717, 1.165) is 45.4 Å². The Bertz CT molecular complexity index is 477. The normalized spacial score (nSPS) is 28.6. The predicted octanol–water partition coefficient (Wildman–Crippen LogP) is 1.35. The van der Waals surface area contributed by atoms with Crippen LogP contribution in [0.5, 0.6) is 0 Å². The monoisotopic (exact) mass is 351 g/mol. The maximum absolute atomic E-state index is 13.0. The minimum absolute atomic E-state index is 0.209. The summed E-state index contributed by atoms with van der Waals surface area (Å²) in [5, 5.41) is 0. The van der Waals surface area contributed by atoms with Crippen LogP contribution < -0.4 is 0 Å². The molecule has 6 heteroatoms. The number of nitrogens with zero attached hydrogens (tertiary/aromatic N) is 3. The number of rotatable bonds is 5. The molecule has 1 atom stereocenters. The van der Waals surface area contributed by atoms with Crippen LogP contribution in [0, 0.1) is 5.41 Å². The number of hydrogen-bond acceptors (Lipinski definition) is 4. The third-order valence-electron chi connectivity index (χ3n) is 6.15. The first-order valence-electron chi connectivity index (χ1n) is 9.93. The molecule has 0 N–H and O–H groups in total. The summed E-state index contributed by atoms with van der Waals surface area (Å²) in [6, 6.07) is 0. The van der Waals surface area contributed by atoms with Crippen molar-refractivity contribution in [3.05, 3.63) is 0 Å². The predicted molar refractivity (Wildman–Crippen MR) is 96.2 cm³/mol. The van der Waals surface area contributed by atoms with E-state index in [-0.39, 0.29) is 17.2 Å². The first-order valence-corrected chi connectivity index (χ1v) is 9.93. The molecule has 0 aromatic carbocycles. The molecule has 0 aromatic rings. The zero-order valence-corrected chi connectivity index (χ0v) is 15.7. The van der Waals surface area contributed by atoms with Gasteiger partial charge in [-0.3, -0.25) is 14.5 Å². The van der Waals surface area contributed by atoms with Crippen molar-refractivity contribution < 1.29 is 14.3 Å². The fourth-order valence-electron chi connectivity index (χ4n) is 4.62. The Morgan fingerprint density at radius 2 is 1.80 bits per heavy atom. The second-order valence-electron chi connectivity index (χ2n) is 7.92. The molecule has 2 amide bonds. The van der Waals surface area contributed by atoms with Gasteiger partial charge in [0.2, 0.25) is 11.8 Å². The zero-order chi connectivity index (χ0) is 17.7. The van der Waals surface area contributed by atoms with Gasteiger partial charge in [0.1, 0.15) is 0 Å². The summed E-state index contributed by atoms with van der Waals surface area (Å²) in [6.07, 6.45) is 7.73. The Balaban J connectivity index is 1.56. The number of likely N-dealkylation sites (tertiary alicyclic amines) is 3. The molecule has 6 nitrogen and oxygen atoms in total. The molecule has 25 heavy (non-hydrogen) atoms. The molecule has 1 spiro atoms. The molecule has 0 aliphatic carbocycles. The molecular formula is C19H33N3O3. The lowest BCUT2D eigenvalue weighted by atomic mass is 9.78. The fourth-order valence-corrected chi connectivity index (χ4v) is 4.62. The van der Waals surface area contributed by atoms with Crippen molar-refractivity contribution in [2.45, 2.75) is 44.9 Å². The van der Waals surface area contributed by atoms with Gasteiger partial charge in [0, 0.05) is 33.3 Å². The second kappa shape index (κ2) is 8.49. The van der Waals surface area contributed by atoms with E-state index in [0.29, 0.717) is 26.2 Å². The largest absolute Gasteiger partial charge is 0.383 e. The van der Waals surface area contributed by atoms with E-state index in [9.17, 15) is 9.59 Å². The van der Waals surface area contributed by atoms with Crippen molar-refractivity contribution in [3.63, 3.8) is 0 Å². The van der Waals surface area contributed by atoms with Crippen molar-refractivity contribution in [1.29, 1.82) is 0 Å². The number of carbonyl (C=O) groups excluding carboxylic acids is 2. The Morgan fingerprint density at radius 3 is 2.52 bits per heavy atom. The molecule has 0 bridgehead atoms. The summed E-state index contributed by atoms with van der Waals surface area (Å²) in [5.74, 6) is 0.446. The zero-order valence-electron chi connectivity index (χ0n) is 15.7. The van der Waals surface area contributed by atoms with Gasteiger partial charge >= 0.3 is 0 Å². The summed E-state index contributed by atoms with van der Waals surface area (Å²) in [4.78, 5) is 31.9. The van der Waals surface area contributed by atoms with E-state index in [4.69, 9.17) is 4.74 Å². The maximum Gasteiger partial charge on any atom is 0.236 e. The smallest absolute Gasteiger partial charge is 0.236 e. The van der Waals surface area contributed by atoms with Crippen LogP contribution in [0.2, 0.25) is 0 Å². The van der Waals surface area contributed by atoms with Crippen molar-refractivity contribution in [2.75, 3.05) is 59.5 Å². The van der Waals surface area contributed by atoms with Gasteiger partial charge in [-0.25, -0.2) is 0 Å². The molecule has 3 aliphatic rings. The van der Waals surface area contributed by atoms with Crippen LogP contribution in [0.25, 0.3) is 0 Å². The SMILES string of the molecule is COCCN1CCCC2(CCN(C(=O)CN3CCCCCC3)C2)C1=O. The Morgan fingerprint density at radius 1 is 1.04 bits per heavy atom. The van der Waals surface area contributed by atoms with E-state index >= 15 is 0 Å². The molecule has 1 unspecified atom stereocenters. The van der Waals surface area contributed by atoms with Gasteiger partial charge < -0.3 is 14.5 Å². The molecule has 3 saturated heterocycles. The van der Waals surface area contributed by atoms with Gasteiger partial charge in [0.25, 0.3) is 0 Å². The highest BCUT2D eigenvalue weighted by atomic mass is 16.5. The van der Waals surface area contributed by atoms with Crippen molar-refractivity contribution in [3.8, 4) is 0 Å². The van der Waals surface area contributed by atoms with Crippen LogP contribution in [0.1, 0.15) is 44.9 Å². The molecule has 3 rings (SSSR count). The lowest BCUT2D eigenvalue weighted by Gasteiger charge is -2.39. The number of carbonyl (C=O) groups is 2. The lowest BCUT2D eigenvalue weighted by molar-refractivity contribution is -0.146. The fraction of sp³-hybridized carbons (Fsp3) is 0.895. The summed E-state index contributed by atoms with van der Waals surface area (Å²) >= 11 is 0. The molecule has 142 valence electrons. The first kappa shape index (κ1) is 18.6. The highest BCUT2D eigenvalue weighted by Gasteiger charge is 2.49. The van der Waals surface area contributed by atoms with Crippen LogP contribution in [-0.2, 0) is 14.3 Å². The minimum Gasteiger partial charge on any atom is -0.383 e. The summed E-state index contributed by atoms with van der Waals surface area (Å²) < 4.78 is 5.13. The molecular weight excluding hydrogens is 318 g/mol. The topological polar surface area (TPSA) is 53.1 Å². The third-order valence-corrected chi connectivity index (χ3v) is 6.15. The van der Waals surface area contributed by atoms with E-state index in [2.05, 4.69) is 4.90 Å². The van der Waals surface area contributed by atoms with Crippen molar-refractivity contribution >= 4 is 11.8 Å². The van der Waals surface area contributed by atoms with E-state index in [1.807, 2.05) is 9.80 Å².